The summed E-state index contributed by atoms with van der Waals surface area (Å²) in [6, 6.07) is 16.4. The van der Waals surface area contributed by atoms with Gasteiger partial charge in [-0.15, -0.1) is 0 Å². The van der Waals surface area contributed by atoms with Gasteiger partial charge in [-0.3, -0.25) is 4.79 Å². The van der Waals surface area contributed by atoms with Crippen LogP contribution in [0.5, 0.6) is 17.4 Å². The van der Waals surface area contributed by atoms with Gasteiger partial charge in [0.2, 0.25) is 11.8 Å². The molecule has 1 heterocycles. The molecule has 0 aliphatic rings. The number of rotatable bonds is 6. The van der Waals surface area contributed by atoms with E-state index in [1.54, 1.807) is 49.6 Å². The van der Waals surface area contributed by atoms with Crippen LogP contribution >= 0.6 is 0 Å². The Bertz CT molecular complexity index is 938. The lowest BCUT2D eigenvalue weighted by molar-refractivity contribution is -0.111. The quantitative estimate of drug-likeness (QED) is 0.646. The summed E-state index contributed by atoms with van der Waals surface area (Å²) in [5.74, 6) is 0.881. The fraction of sp³-hybridized carbons (Fsp3) is 0.0476. The van der Waals surface area contributed by atoms with Crippen LogP contribution in [0.15, 0.2) is 72.9 Å². The van der Waals surface area contributed by atoms with Crippen LogP contribution in [0.1, 0.15) is 5.56 Å². The number of nitrogens with zero attached hydrogens (tertiary/aromatic N) is 1. The number of hydrogen-bond donors (Lipinski definition) is 1. The highest BCUT2D eigenvalue weighted by Crippen LogP contribution is 2.30. The molecular formula is C21H17FN2O3. The molecule has 0 fully saturated rings. The smallest absolute Gasteiger partial charge is 0.248 e. The topological polar surface area (TPSA) is 60.5 Å². The third kappa shape index (κ3) is 5.15. The van der Waals surface area contributed by atoms with Gasteiger partial charge in [0.05, 0.1) is 19.0 Å². The van der Waals surface area contributed by atoms with E-state index in [1.807, 2.05) is 12.1 Å². The summed E-state index contributed by atoms with van der Waals surface area (Å²) >= 11 is 0. The van der Waals surface area contributed by atoms with Gasteiger partial charge in [-0.2, -0.15) is 0 Å². The molecule has 0 spiro atoms. The van der Waals surface area contributed by atoms with Gasteiger partial charge in [-0.05, 0) is 42.0 Å². The number of aromatic nitrogens is 1. The number of para-hydroxylation sites is 2. The number of amides is 1. The molecule has 0 atom stereocenters. The van der Waals surface area contributed by atoms with E-state index in [9.17, 15) is 9.18 Å². The number of pyridine rings is 1. The first-order valence-electron chi connectivity index (χ1n) is 8.15. The highest BCUT2D eigenvalue weighted by atomic mass is 19.1. The van der Waals surface area contributed by atoms with Gasteiger partial charge in [0.1, 0.15) is 5.82 Å². The molecule has 0 aliphatic heterocycles. The normalized spacial score (nSPS) is 10.6. The van der Waals surface area contributed by atoms with Crippen LogP contribution in [0.2, 0.25) is 0 Å². The third-order valence-electron chi connectivity index (χ3n) is 3.58. The van der Waals surface area contributed by atoms with E-state index in [2.05, 4.69) is 10.3 Å². The Kier molecular flexibility index (Phi) is 5.79. The zero-order valence-corrected chi connectivity index (χ0v) is 14.6. The summed E-state index contributed by atoms with van der Waals surface area (Å²) < 4.78 is 23.8. The molecule has 2 aromatic carbocycles. The molecule has 27 heavy (non-hydrogen) atoms. The summed E-state index contributed by atoms with van der Waals surface area (Å²) in [6.45, 7) is 0. The number of nitrogens with one attached hydrogen (secondary N) is 1. The number of halogens is 1. The SMILES string of the molecule is COc1ccccc1Oc1ccc(NC(=O)/C=C/c2ccc(F)cc2)cn1. The minimum atomic E-state index is -0.321. The van der Waals surface area contributed by atoms with E-state index in [-0.39, 0.29) is 11.7 Å². The van der Waals surface area contributed by atoms with Crippen molar-refractivity contribution in [3.05, 3.63) is 84.3 Å². The van der Waals surface area contributed by atoms with Crippen LogP contribution in [0, 0.1) is 5.82 Å². The predicted molar refractivity (Wildman–Crippen MR) is 101 cm³/mol. The molecule has 3 aromatic rings. The molecule has 1 aromatic heterocycles. The first-order chi connectivity index (χ1) is 13.1. The minimum Gasteiger partial charge on any atom is -0.493 e. The van der Waals surface area contributed by atoms with Gasteiger partial charge < -0.3 is 14.8 Å². The van der Waals surface area contributed by atoms with Gasteiger partial charge in [-0.1, -0.05) is 24.3 Å². The average Bonchev–Trinajstić information content (AvgIpc) is 2.69. The van der Waals surface area contributed by atoms with Crippen molar-refractivity contribution in [1.82, 2.24) is 4.98 Å². The van der Waals surface area contributed by atoms with Crippen LogP contribution in [0.4, 0.5) is 10.1 Å². The monoisotopic (exact) mass is 364 g/mol. The number of benzene rings is 2. The van der Waals surface area contributed by atoms with Gasteiger partial charge >= 0.3 is 0 Å². The maximum Gasteiger partial charge on any atom is 0.248 e. The van der Waals surface area contributed by atoms with Gasteiger partial charge in [-0.25, -0.2) is 9.37 Å². The molecule has 0 bridgehead atoms. The second kappa shape index (κ2) is 8.62. The van der Waals surface area contributed by atoms with E-state index in [1.165, 1.54) is 24.4 Å². The fourth-order valence-corrected chi connectivity index (χ4v) is 2.26. The van der Waals surface area contributed by atoms with E-state index in [0.29, 0.717) is 23.1 Å². The van der Waals surface area contributed by atoms with Gasteiger partial charge in [0.15, 0.2) is 11.5 Å². The molecule has 3 rings (SSSR count). The maximum absolute atomic E-state index is 12.9. The van der Waals surface area contributed by atoms with Crippen molar-refractivity contribution in [3.8, 4) is 17.4 Å². The van der Waals surface area contributed by atoms with Crippen LogP contribution in [-0.4, -0.2) is 18.0 Å². The van der Waals surface area contributed by atoms with Crippen molar-refractivity contribution in [3.63, 3.8) is 0 Å². The molecule has 0 saturated heterocycles. The van der Waals surface area contributed by atoms with E-state index >= 15 is 0 Å². The highest BCUT2D eigenvalue weighted by molar-refractivity contribution is 6.01. The third-order valence-corrected chi connectivity index (χ3v) is 3.58. The molecule has 136 valence electrons. The number of carbonyl (C=O) groups is 1. The summed E-state index contributed by atoms with van der Waals surface area (Å²) in [5, 5.41) is 2.69. The van der Waals surface area contributed by atoms with Crippen molar-refractivity contribution < 1.29 is 18.7 Å². The maximum atomic E-state index is 12.9. The lowest BCUT2D eigenvalue weighted by Gasteiger charge is -2.09. The van der Waals surface area contributed by atoms with Gasteiger partial charge in [0.25, 0.3) is 0 Å². The zero-order chi connectivity index (χ0) is 19.1. The van der Waals surface area contributed by atoms with Crippen molar-refractivity contribution in [2.75, 3.05) is 12.4 Å². The number of carbonyl (C=O) groups excluding carboxylic acids is 1. The molecule has 0 unspecified atom stereocenters. The number of methoxy groups -OCH3 is 1. The number of hydrogen-bond acceptors (Lipinski definition) is 4. The van der Waals surface area contributed by atoms with Crippen LogP contribution in [0.3, 0.4) is 0 Å². The fourth-order valence-electron chi connectivity index (χ4n) is 2.26. The first kappa shape index (κ1) is 18.1. The van der Waals surface area contributed by atoms with E-state index in [0.717, 1.165) is 5.56 Å². The summed E-state index contributed by atoms with van der Waals surface area (Å²) in [5.41, 5.74) is 1.25. The standard InChI is InChI=1S/C21H17FN2O3/c1-26-18-4-2-3-5-19(18)27-21-13-11-17(14-23-21)24-20(25)12-8-15-6-9-16(22)10-7-15/h2-14H,1H3,(H,24,25)/b12-8+. The van der Waals surface area contributed by atoms with E-state index in [4.69, 9.17) is 9.47 Å². The van der Waals surface area contributed by atoms with Crippen molar-refractivity contribution >= 4 is 17.7 Å². The second-order valence-corrected chi connectivity index (χ2v) is 5.51. The molecule has 5 nitrogen and oxygen atoms in total. The molecule has 0 radical (unpaired) electrons. The Morgan fingerprint density at radius 3 is 2.44 bits per heavy atom. The van der Waals surface area contributed by atoms with Gasteiger partial charge in [0, 0.05) is 12.1 Å². The second-order valence-electron chi connectivity index (χ2n) is 5.51. The zero-order valence-electron chi connectivity index (χ0n) is 14.6. The Morgan fingerprint density at radius 1 is 1.04 bits per heavy atom. The minimum absolute atomic E-state index is 0.320. The Balaban J connectivity index is 1.60. The highest BCUT2D eigenvalue weighted by Gasteiger charge is 2.06. The molecule has 1 amide bonds. The summed E-state index contributed by atoms with van der Waals surface area (Å²) in [6.07, 6.45) is 4.46. The summed E-state index contributed by atoms with van der Waals surface area (Å²) in [4.78, 5) is 16.1. The van der Waals surface area contributed by atoms with Crippen molar-refractivity contribution in [2.24, 2.45) is 0 Å². The van der Waals surface area contributed by atoms with Crippen LogP contribution < -0.4 is 14.8 Å². The molecule has 0 aliphatic carbocycles. The largest absolute Gasteiger partial charge is 0.493 e. The lowest BCUT2D eigenvalue weighted by Crippen LogP contribution is -2.07. The molecule has 0 saturated carbocycles. The first-order valence-corrected chi connectivity index (χ1v) is 8.15. The Morgan fingerprint density at radius 2 is 1.78 bits per heavy atom. The number of ether oxygens (including phenoxy) is 2. The molecular weight excluding hydrogens is 347 g/mol. The molecule has 1 N–H and O–H groups in total. The number of anilines is 1. The summed E-state index contributed by atoms with van der Waals surface area (Å²) in [7, 11) is 1.56. The van der Waals surface area contributed by atoms with Crippen molar-refractivity contribution in [2.45, 2.75) is 0 Å². The van der Waals surface area contributed by atoms with Crippen LogP contribution in [0.25, 0.3) is 6.08 Å². The van der Waals surface area contributed by atoms with E-state index < -0.39 is 0 Å². The average molecular weight is 364 g/mol. The van der Waals surface area contributed by atoms with Crippen LogP contribution in [-0.2, 0) is 4.79 Å². The lowest BCUT2D eigenvalue weighted by atomic mass is 10.2. The Hall–Kier alpha value is -3.67. The Labute approximate surface area is 156 Å². The molecule has 6 heteroatoms. The van der Waals surface area contributed by atoms with Crippen molar-refractivity contribution in [1.29, 1.82) is 0 Å². The predicted octanol–water partition coefficient (Wildman–Crippen LogP) is 4.67.